The first-order valence-corrected chi connectivity index (χ1v) is 9.33. The van der Waals surface area contributed by atoms with Crippen LogP contribution in [0.1, 0.15) is 19.0 Å². The predicted molar refractivity (Wildman–Crippen MR) is 105 cm³/mol. The number of carboxylic acids is 2. The molecular formula is C17H26N6O9. The van der Waals surface area contributed by atoms with E-state index in [4.69, 9.17) is 15.9 Å². The largest absolute Gasteiger partial charge is 0.481 e. The van der Waals surface area contributed by atoms with Crippen LogP contribution in [0.25, 0.3) is 0 Å². The first-order valence-electron chi connectivity index (χ1n) is 9.33. The van der Waals surface area contributed by atoms with Gasteiger partial charge in [-0.2, -0.15) is 0 Å². The number of aliphatic carboxylic acids is 2. The van der Waals surface area contributed by atoms with E-state index in [1.54, 1.807) is 0 Å². The highest BCUT2D eigenvalue weighted by molar-refractivity contribution is 5.95. The quantitative estimate of drug-likeness (QED) is 0.136. The minimum absolute atomic E-state index is 0.0187. The summed E-state index contributed by atoms with van der Waals surface area (Å²) in [5.74, 6) is -6.14. The third-order valence-electron chi connectivity index (χ3n) is 4.20. The number of rotatable bonds is 13. The Morgan fingerprint density at radius 3 is 2.12 bits per heavy atom. The first kappa shape index (κ1) is 26.5. The van der Waals surface area contributed by atoms with E-state index in [-0.39, 0.29) is 6.42 Å². The highest BCUT2D eigenvalue weighted by Crippen LogP contribution is 2.01. The molecule has 5 atom stereocenters. The van der Waals surface area contributed by atoms with Crippen molar-refractivity contribution in [2.24, 2.45) is 5.73 Å². The van der Waals surface area contributed by atoms with Crippen LogP contribution in [-0.4, -0.2) is 96.9 Å². The van der Waals surface area contributed by atoms with Crippen LogP contribution in [0, 0.1) is 0 Å². The molecule has 0 aliphatic heterocycles. The van der Waals surface area contributed by atoms with E-state index >= 15 is 0 Å². The van der Waals surface area contributed by atoms with Gasteiger partial charge in [0.15, 0.2) is 6.04 Å². The summed E-state index contributed by atoms with van der Waals surface area (Å²) in [4.78, 5) is 65.6. The summed E-state index contributed by atoms with van der Waals surface area (Å²) in [7, 11) is 0. The molecule has 0 aliphatic carbocycles. The molecule has 0 fully saturated rings. The summed E-state index contributed by atoms with van der Waals surface area (Å²) in [6.07, 6.45) is 0.468. The zero-order valence-electron chi connectivity index (χ0n) is 17.0. The molecule has 32 heavy (non-hydrogen) atoms. The Hall–Kier alpha value is -3.56. The summed E-state index contributed by atoms with van der Waals surface area (Å²) in [5, 5.41) is 43.0. The van der Waals surface area contributed by atoms with Gasteiger partial charge in [0.05, 0.1) is 31.5 Å². The molecule has 1 aromatic rings. The van der Waals surface area contributed by atoms with Gasteiger partial charge < -0.3 is 47.1 Å². The number of hydrogen-bond donors (Lipinski definition) is 9. The number of carbonyl (C=O) groups excluding carboxylic acids is 3. The summed E-state index contributed by atoms with van der Waals surface area (Å²) >= 11 is 0. The monoisotopic (exact) mass is 458 g/mol. The molecule has 178 valence electrons. The summed E-state index contributed by atoms with van der Waals surface area (Å²) < 4.78 is 0. The van der Waals surface area contributed by atoms with Crippen LogP contribution in [0.5, 0.6) is 0 Å². The number of hydrogen-bond acceptors (Lipinski definition) is 9. The van der Waals surface area contributed by atoms with Crippen molar-refractivity contribution in [3.05, 3.63) is 18.2 Å². The van der Waals surface area contributed by atoms with Crippen LogP contribution in [0.3, 0.4) is 0 Å². The number of nitrogens with two attached hydrogens (primary N) is 1. The number of aliphatic hydroxyl groups is 2. The average Bonchev–Trinajstić information content (AvgIpc) is 3.21. The lowest BCUT2D eigenvalue weighted by Gasteiger charge is -2.24. The van der Waals surface area contributed by atoms with Crippen LogP contribution >= 0.6 is 0 Å². The van der Waals surface area contributed by atoms with Crippen molar-refractivity contribution in [2.45, 2.75) is 50.0 Å². The SMILES string of the molecule is CC(O)C(NC(=O)C(CO)NC(=O)C(CC(=O)O)NC(=O)C(N)Cc1cnc[nH]1)C(=O)O. The number of aromatic amines is 1. The molecule has 0 spiro atoms. The molecule has 1 heterocycles. The van der Waals surface area contributed by atoms with Crippen molar-refractivity contribution in [3.63, 3.8) is 0 Å². The number of nitrogens with zero attached hydrogens (tertiary/aromatic N) is 1. The molecule has 0 saturated carbocycles. The maximum atomic E-state index is 12.5. The minimum atomic E-state index is -1.72. The Morgan fingerprint density at radius 1 is 1.06 bits per heavy atom. The van der Waals surface area contributed by atoms with Crippen molar-refractivity contribution >= 4 is 29.7 Å². The zero-order valence-corrected chi connectivity index (χ0v) is 17.0. The maximum Gasteiger partial charge on any atom is 0.328 e. The van der Waals surface area contributed by atoms with Crippen molar-refractivity contribution in [1.29, 1.82) is 0 Å². The van der Waals surface area contributed by atoms with Crippen molar-refractivity contribution in [2.75, 3.05) is 6.61 Å². The van der Waals surface area contributed by atoms with Crippen molar-refractivity contribution in [1.82, 2.24) is 25.9 Å². The van der Waals surface area contributed by atoms with Crippen LogP contribution in [0.2, 0.25) is 0 Å². The molecule has 1 aromatic heterocycles. The molecule has 0 bridgehead atoms. The number of H-pyrrole nitrogens is 1. The third kappa shape index (κ3) is 8.29. The number of amides is 3. The average molecular weight is 458 g/mol. The molecule has 1 rings (SSSR count). The number of nitrogens with one attached hydrogen (secondary N) is 4. The molecule has 0 aromatic carbocycles. The van der Waals surface area contributed by atoms with Gasteiger partial charge in [-0.1, -0.05) is 0 Å². The van der Waals surface area contributed by atoms with Crippen LogP contribution < -0.4 is 21.7 Å². The molecular weight excluding hydrogens is 432 g/mol. The molecule has 15 nitrogen and oxygen atoms in total. The molecule has 5 unspecified atom stereocenters. The van der Waals surface area contributed by atoms with Crippen LogP contribution in [0.15, 0.2) is 12.5 Å². The Balaban J connectivity index is 2.83. The Bertz CT molecular complexity index is 813. The van der Waals surface area contributed by atoms with E-state index in [1.807, 2.05) is 10.6 Å². The van der Waals surface area contributed by atoms with Crippen molar-refractivity contribution in [3.8, 4) is 0 Å². The van der Waals surface area contributed by atoms with E-state index < -0.39 is 73.0 Å². The van der Waals surface area contributed by atoms with Gasteiger partial charge in [0.2, 0.25) is 17.7 Å². The first-order chi connectivity index (χ1) is 15.0. The standard InChI is InChI=1S/C17H26N6O9/c1-7(25)13(17(31)32)23-16(30)11(5-24)22-15(29)10(3-12(26)27)21-14(28)9(18)2-8-4-19-6-20-8/h4,6-7,9-11,13,24-25H,2-3,5,18H2,1H3,(H,19,20)(H,21,28)(H,22,29)(H,23,30)(H,26,27)(H,31,32). The van der Waals surface area contributed by atoms with Gasteiger partial charge in [-0.3, -0.25) is 19.2 Å². The summed E-state index contributed by atoms with van der Waals surface area (Å²) in [5.41, 5.74) is 6.28. The van der Waals surface area contributed by atoms with Crippen LogP contribution in [0.4, 0.5) is 0 Å². The Kier molecular flexibility index (Phi) is 10.2. The fraction of sp³-hybridized carbons (Fsp3) is 0.529. The normalized spacial score (nSPS) is 15.5. The summed E-state index contributed by atoms with van der Waals surface area (Å²) in [6.45, 7) is 0.132. The van der Waals surface area contributed by atoms with E-state index in [0.29, 0.717) is 5.69 Å². The number of carboxylic acid groups (broad SMARTS) is 2. The highest BCUT2D eigenvalue weighted by atomic mass is 16.4. The Morgan fingerprint density at radius 2 is 1.66 bits per heavy atom. The lowest BCUT2D eigenvalue weighted by Crippen LogP contribution is -2.59. The van der Waals surface area contributed by atoms with Crippen molar-refractivity contribution < 1.29 is 44.4 Å². The molecule has 0 aliphatic rings. The Labute approximate surface area is 181 Å². The van der Waals surface area contributed by atoms with Gasteiger partial charge in [-0.05, 0) is 6.92 Å². The predicted octanol–water partition coefficient (Wildman–Crippen LogP) is -4.33. The lowest BCUT2D eigenvalue weighted by molar-refractivity contribution is -0.146. The highest BCUT2D eigenvalue weighted by Gasteiger charge is 2.32. The molecule has 3 amide bonds. The second kappa shape index (κ2) is 12.3. The number of imidazole rings is 1. The van der Waals surface area contributed by atoms with E-state index in [2.05, 4.69) is 15.3 Å². The molecule has 0 saturated heterocycles. The minimum Gasteiger partial charge on any atom is -0.481 e. The van der Waals surface area contributed by atoms with Gasteiger partial charge in [-0.15, -0.1) is 0 Å². The van der Waals surface area contributed by atoms with E-state index in [9.17, 15) is 34.2 Å². The van der Waals surface area contributed by atoms with Gasteiger partial charge >= 0.3 is 11.9 Å². The third-order valence-corrected chi connectivity index (χ3v) is 4.20. The van der Waals surface area contributed by atoms with E-state index in [1.165, 1.54) is 12.5 Å². The maximum absolute atomic E-state index is 12.5. The number of aliphatic hydroxyl groups excluding tert-OH is 2. The fourth-order valence-corrected chi connectivity index (χ4v) is 2.50. The van der Waals surface area contributed by atoms with Gasteiger partial charge in [0.25, 0.3) is 0 Å². The van der Waals surface area contributed by atoms with E-state index in [0.717, 1.165) is 6.92 Å². The topological polar surface area (TPSA) is 257 Å². The smallest absolute Gasteiger partial charge is 0.328 e. The van der Waals surface area contributed by atoms with Gasteiger partial charge in [-0.25, -0.2) is 9.78 Å². The second-order valence-corrected chi connectivity index (χ2v) is 6.86. The second-order valence-electron chi connectivity index (χ2n) is 6.86. The van der Waals surface area contributed by atoms with Gasteiger partial charge in [0, 0.05) is 18.3 Å². The lowest BCUT2D eigenvalue weighted by atomic mass is 10.1. The van der Waals surface area contributed by atoms with Crippen LogP contribution in [-0.2, 0) is 30.4 Å². The molecule has 0 radical (unpaired) electrons. The van der Waals surface area contributed by atoms with Gasteiger partial charge in [0.1, 0.15) is 12.1 Å². The fourth-order valence-electron chi connectivity index (χ4n) is 2.50. The zero-order chi connectivity index (χ0) is 24.4. The number of aromatic nitrogens is 2. The molecule has 15 heteroatoms. The number of carbonyl (C=O) groups is 5. The summed E-state index contributed by atoms with van der Waals surface area (Å²) in [6, 6.07) is -6.21. The molecule has 10 N–H and O–H groups in total.